The van der Waals surface area contributed by atoms with Gasteiger partial charge in [0.25, 0.3) is 0 Å². The van der Waals surface area contributed by atoms with Crippen molar-refractivity contribution in [3.63, 3.8) is 0 Å². The topological polar surface area (TPSA) is 30.2 Å². The summed E-state index contributed by atoms with van der Waals surface area (Å²) in [5.41, 5.74) is 1.32. The van der Waals surface area contributed by atoms with E-state index in [-0.39, 0.29) is 5.78 Å². The van der Waals surface area contributed by atoms with E-state index in [1.807, 2.05) is 24.3 Å². The zero-order valence-corrected chi connectivity index (χ0v) is 9.01. The summed E-state index contributed by atoms with van der Waals surface area (Å²) in [7, 11) is 0. The number of para-hydroxylation sites is 1. The van der Waals surface area contributed by atoms with Crippen LogP contribution in [0.3, 0.4) is 0 Å². The minimum Gasteiger partial charge on any atom is -0.453 e. The van der Waals surface area contributed by atoms with Gasteiger partial charge in [0.15, 0.2) is 5.76 Å². The highest BCUT2D eigenvalue weighted by molar-refractivity contribution is 6.08. The molecule has 2 aromatic carbocycles. The van der Waals surface area contributed by atoms with Crippen LogP contribution in [0, 0.1) is 6.07 Å². The summed E-state index contributed by atoms with van der Waals surface area (Å²) < 4.78 is 5.52. The van der Waals surface area contributed by atoms with Gasteiger partial charge < -0.3 is 4.42 Å². The van der Waals surface area contributed by atoms with Crippen molar-refractivity contribution in [1.82, 2.24) is 0 Å². The fraction of sp³-hybridized carbons (Fsp3) is 0. The molecule has 1 heterocycles. The van der Waals surface area contributed by atoms with Crippen LogP contribution in [0.4, 0.5) is 0 Å². The summed E-state index contributed by atoms with van der Waals surface area (Å²) in [5.74, 6) is 0.254. The van der Waals surface area contributed by atoms with E-state index in [1.165, 1.54) is 0 Å². The standard InChI is InChI=1S/C15H9O2/c16-15(11-6-2-1-3-7-11)14-10-12-8-4-5-9-13(12)17-14/h1-2,4-10H. The van der Waals surface area contributed by atoms with Gasteiger partial charge in [0.1, 0.15) is 5.58 Å². The van der Waals surface area contributed by atoms with Gasteiger partial charge in [0.2, 0.25) is 5.78 Å². The van der Waals surface area contributed by atoms with Crippen molar-refractivity contribution in [3.8, 4) is 0 Å². The molecule has 0 aliphatic carbocycles. The number of hydrogen-bond acceptors (Lipinski definition) is 2. The quantitative estimate of drug-likeness (QED) is 0.620. The van der Waals surface area contributed by atoms with Gasteiger partial charge in [0.05, 0.1) is 0 Å². The lowest BCUT2D eigenvalue weighted by Gasteiger charge is -1.95. The minimum absolute atomic E-state index is 0.113. The number of ketones is 1. The molecule has 17 heavy (non-hydrogen) atoms. The third-order valence-electron chi connectivity index (χ3n) is 2.62. The summed E-state index contributed by atoms with van der Waals surface area (Å²) in [6.45, 7) is 0. The lowest BCUT2D eigenvalue weighted by molar-refractivity contribution is 0.101. The highest BCUT2D eigenvalue weighted by atomic mass is 16.3. The van der Waals surface area contributed by atoms with E-state index in [0.29, 0.717) is 11.3 Å². The molecule has 0 amide bonds. The second kappa shape index (κ2) is 3.91. The van der Waals surface area contributed by atoms with Crippen LogP contribution in [-0.2, 0) is 0 Å². The van der Waals surface area contributed by atoms with Gasteiger partial charge in [-0.1, -0.05) is 36.4 Å². The maximum Gasteiger partial charge on any atom is 0.228 e. The highest BCUT2D eigenvalue weighted by Gasteiger charge is 2.13. The summed E-state index contributed by atoms with van der Waals surface area (Å²) in [4.78, 5) is 12.1. The van der Waals surface area contributed by atoms with Crippen molar-refractivity contribution in [1.29, 1.82) is 0 Å². The van der Waals surface area contributed by atoms with E-state index >= 15 is 0 Å². The molecule has 0 saturated carbocycles. The fourth-order valence-electron chi connectivity index (χ4n) is 1.77. The van der Waals surface area contributed by atoms with Crippen molar-refractivity contribution in [2.24, 2.45) is 0 Å². The lowest BCUT2D eigenvalue weighted by atomic mass is 10.1. The largest absolute Gasteiger partial charge is 0.453 e. The van der Waals surface area contributed by atoms with Crippen molar-refractivity contribution < 1.29 is 9.21 Å². The summed E-state index contributed by atoms with van der Waals surface area (Å²) >= 11 is 0. The first kappa shape index (κ1) is 9.85. The Balaban J connectivity index is 2.07. The van der Waals surface area contributed by atoms with E-state index in [0.717, 1.165) is 11.0 Å². The third kappa shape index (κ3) is 1.74. The smallest absolute Gasteiger partial charge is 0.228 e. The molecule has 0 aliphatic heterocycles. The van der Waals surface area contributed by atoms with Crippen LogP contribution in [0.15, 0.2) is 59.0 Å². The van der Waals surface area contributed by atoms with Crippen molar-refractivity contribution in [2.45, 2.75) is 0 Å². The second-order valence-corrected chi connectivity index (χ2v) is 3.77. The number of furan rings is 1. The Labute approximate surface area is 98.5 Å². The van der Waals surface area contributed by atoms with E-state index in [9.17, 15) is 4.79 Å². The molecular formula is C15H9O2. The maximum absolute atomic E-state index is 12.1. The number of hydrogen-bond donors (Lipinski definition) is 0. The van der Waals surface area contributed by atoms with Gasteiger partial charge >= 0.3 is 0 Å². The van der Waals surface area contributed by atoms with Gasteiger partial charge in [-0.3, -0.25) is 4.79 Å². The van der Waals surface area contributed by atoms with Crippen LogP contribution in [0.5, 0.6) is 0 Å². The Kier molecular flexibility index (Phi) is 2.26. The minimum atomic E-state index is -0.113. The molecule has 0 unspecified atom stereocenters. The normalized spacial score (nSPS) is 10.6. The Bertz CT molecular complexity index is 632. The molecule has 3 aromatic rings. The monoisotopic (exact) mass is 221 g/mol. The highest BCUT2D eigenvalue weighted by Crippen LogP contribution is 2.20. The Morgan fingerprint density at radius 2 is 2.00 bits per heavy atom. The fourth-order valence-corrected chi connectivity index (χ4v) is 1.77. The molecule has 0 atom stereocenters. The molecule has 0 bridgehead atoms. The number of rotatable bonds is 2. The molecule has 0 N–H and O–H groups in total. The summed E-state index contributed by atoms with van der Waals surface area (Å²) in [5, 5.41) is 0.941. The van der Waals surface area contributed by atoms with Gasteiger partial charge in [-0.05, 0) is 24.3 Å². The average Bonchev–Trinajstić information content (AvgIpc) is 2.82. The van der Waals surface area contributed by atoms with Crippen LogP contribution < -0.4 is 0 Å². The van der Waals surface area contributed by atoms with Gasteiger partial charge in [-0.15, -0.1) is 0 Å². The van der Waals surface area contributed by atoms with Gasteiger partial charge in [-0.2, -0.15) is 0 Å². The number of fused-ring (bicyclic) bond motifs is 1. The molecular weight excluding hydrogens is 212 g/mol. The lowest BCUT2D eigenvalue weighted by Crippen LogP contribution is -1.98. The van der Waals surface area contributed by atoms with Crippen LogP contribution in [0.2, 0.25) is 0 Å². The van der Waals surface area contributed by atoms with Crippen molar-refractivity contribution >= 4 is 16.8 Å². The Hall–Kier alpha value is -2.35. The van der Waals surface area contributed by atoms with Crippen LogP contribution in [-0.4, -0.2) is 5.78 Å². The van der Waals surface area contributed by atoms with Gasteiger partial charge in [-0.25, -0.2) is 0 Å². The first-order valence-corrected chi connectivity index (χ1v) is 5.34. The van der Waals surface area contributed by atoms with Crippen LogP contribution in [0.1, 0.15) is 16.1 Å². The zero-order valence-electron chi connectivity index (χ0n) is 9.01. The van der Waals surface area contributed by atoms with Gasteiger partial charge in [0, 0.05) is 10.9 Å². The molecule has 0 spiro atoms. The van der Waals surface area contributed by atoms with E-state index < -0.39 is 0 Å². The first-order chi connectivity index (χ1) is 8.34. The van der Waals surface area contributed by atoms with E-state index in [1.54, 1.807) is 30.3 Å². The first-order valence-electron chi connectivity index (χ1n) is 5.34. The average molecular weight is 221 g/mol. The van der Waals surface area contributed by atoms with Crippen molar-refractivity contribution in [3.05, 3.63) is 72.0 Å². The molecule has 0 saturated heterocycles. The number of carbonyl (C=O) groups is 1. The zero-order chi connectivity index (χ0) is 11.7. The molecule has 1 aromatic heterocycles. The molecule has 0 fully saturated rings. The Morgan fingerprint density at radius 3 is 2.76 bits per heavy atom. The van der Waals surface area contributed by atoms with E-state index in [2.05, 4.69) is 6.07 Å². The second-order valence-electron chi connectivity index (χ2n) is 3.77. The number of carbonyl (C=O) groups excluding carboxylic acids is 1. The SMILES string of the molecule is O=C(c1c[c]ccc1)c1cc2ccccc2o1. The predicted molar refractivity (Wildman–Crippen MR) is 64.9 cm³/mol. The molecule has 81 valence electrons. The predicted octanol–water partition coefficient (Wildman–Crippen LogP) is 3.46. The van der Waals surface area contributed by atoms with Crippen LogP contribution >= 0.6 is 0 Å². The Morgan fingerprint density at radius 1 is 1.12 bits per heavy atom. The van der Waals surface area contributed by atoms with E-state index in [4.69, 9.17) is 4.42 Å². The summed E-state index contributed by atoms with van der Waals surface area (Å²) in [6, 6.07) is 19.2. The molecule has 2 heteroatoms. The molecule has 2 nitrogen and oxygen atoms in total. The summed E-state index contributed by atoms with van der Waals surface area (Å²) in [6.07, 6.45) is 0. The van der Waals surface area contributed by atoms with Crippen LogP contribution in [0.25, 0.3) is 11.0 Å². The molecule has 1 radical (unpaired) electrons. The molecule has 3 rings (SSSR count). The van der Waals surface area contributed by atoms with Crippen molar-refractivity contribution in [2.75, 3.05) is 0 Å². The molecule has 0 aliphatic rings. The maximum atomic E-state index is 12.1. The number of benzene rings is 2. The third-order valence-corrected chi connectivity index (χ3v) is 2.62.